The highest BCUT2D eigenvalue weighted by Crippen LogP contribution is 1.82. The van der Waals surface area contributed by atoms with Crippen LogP contribution in [0, 0.1) is 0 Å². The number of carboxylic acid groups (broad SMARTS) is 1. The first-order valence-electron chi connectivity index (χ1n) is 3.40. The molecule has 0 amide bonds. The van der Waals surface area contributed by atoms with E-state index in [-0.39, 0.29) is 0 Å². The van der Waals surface area contributed by atoms with E-state index in [2.05, 4.69) is 5.32 Å². The van der Waals surface area contributed by atoms with E-state index in [1.807, 2.05) is 6.92 Å². The molecule has 4 heteroatoms. The van der Waals surface area contributed by atoms with Crippen LogP contribution in [0.2, 0.25) is 0 Å². The fraction of sp³-hybridized carbons (Fsp3) is 0.833. The molecule has 0 aromatic rings. The Morgan fingerprint density at radius 3 is 2.80 bits per heavy atom. The van der Waals surface area contributed by atoms with Crippen LogP contribution >= 0.6 is 0 Å². The minimum atomic E-state index is -1.00. The summed E-state index contributed by atoms with van der Waals surface area (Å²) in [6.45, 7) is 2.71. The van der Waals surface area contributed by atoms with Gasteiger partial charge in [0, 0.05) is 0 Å². The van der Waals surface area contributed by atoms with Crippen LogP contribution in [-0.4, -0.2) is 23.8 Å². The summed E-state index contributed by atoms with van der Waals surface area (Å²) >= 11 is 0. The molecule has 0 unspecified atom stereocenters. The number of nitrogens with one attached hydrogen (secondary N) is 1. The van der Waals surface area contributed by atoms with Gasteiger partial charge in [0.15, 0.2) is 6.17 Å². The van der Waals surface area contributed by atoms with Crippen molar-refractivity contribution in [1.29, 1.82) is 0 Å². The largest absolute Gasteiger partial charge is 0.479 e. The zero-order chi connectivity index (χ0) is 7.98. The second-order valence-electron chi connectivity index (χ2n) is 2.12. The molecule has 0 spiro atoms. The first-order chi connectivity index (χ1) is 4.68. The highest BCUT2D eigenvalue weighted by atomic mass is 16.4. The summed E-state index contributed by atoms with van der Waals surface area (Å²) in [6.07, 6.45) is 1.09. The monoisotopic (exact) mass is 146 g/mol. The molecule has 0 aliphatic rings. The van der Waals surface area contributed by atoms with Crippen LogP contribution in [0.5, 0.6) is 0 Å². The normalized spacial score (nSPS) is 13.0. The second kappa shape index (κ2) is 5.20. The summed E-state index contributed by atoms with van der Waals surface area (Å²) in [5.41, 5.74) is 5.15. The van der Waals surface area contributed by atoms with Crippen molar-refractivity contribution in [3.8, 4) is 0 Å². The predicted molar refractivity (Wildman–Crippen MR) is 38.5 cm³/mol. The van der Waals surface area contributed by atoms with E-state index in [9.17, 15) is 4.79 Å². The van der Waals surface area contributed by atoms with Gasteiger partial charge in [-0.1, -0.05) is 13.3 Å². The molecule has 0 bridgehead atoms. The van der Waals surface area contributed by atoms with Gasteiger partial charge in [-0.05, 0) is 13.0 Å². The zero-order valence-electron chi connectivity index (χ0n) is 6.13. The van der Waals surface area contributed by atoms with Crippen LogP contribution in [0.25, 0.3) is 0 Å². The SMILES string of the molecule is CCCCN[C@H](N)C(=O)O. The summed E-state index contributed by atoms with van der Waals surface area (Å²) in [7, 11) is 0. The number of unbranched alkanes of at least 4 members (excludes halogenated alkanes) is 1. The smallest absolute Gasteiger partial charge is 0.335 e. The quantitative estimate of drug-likeness (QED) is 0.369. The van der Waals surface area contributed by atoms with E-state index in [1.165, 1.54) is 0 Å². The molecule has 4 nitrogen and oxygen atoms in total. The van der Waals surface area contributed by atoms with E-state index >= 15 is 0 Å². The van der Waals surface area contributed by atoms with Crippen molar-refractivity contribution in [3.05, 3.63) is 0 Å². The molecule has 60 valence electrons. The van der Waals surface area contributed by atoms with Crippen molar-refractivity contribution in [2.75, 3.05) is 6.54 Å². The third-order valence-electron chi connectivity index (χ3n) is 1.16. The molecular weight excluding hydrogens is 132 g/mol. The number of aliphatic carboxylic acids is 1. The minimum Gasteiger partial charge on any atom is -0.479 e. The van der Waals surface area contributed by atoms with E-state index < -0.39 is 12.1 Å². The predicted octanol–water partition coefficient (Wildman–Crippen LogP) is -0.254. The van der Waals surface area contributed by atoms with E-state index in [0.29, 0.717) is 6.54 Å². The number of carboxylic acids is 1. The molecule has 0 aromatic heterocycles. The van der Waals surface area contributed by atoms with E-state index in [0.717, 1.165) is 12.8 Å². The molecule has 0 aliphatic heterocycles. The lowest BCUT2D eigenvalue weighted by Gasteiger charge is -2.06. The number of carbonyl (C=O) groups is 1. The maximum Gasteiger partial charge on any atom is 0.335 e. The van der Waals surface area contributed by atoms with Gasteiger partial charge in [-0.3, -0.25) is 5.32 Å². The van der Waals surface area contributed by atoms with Gasteiger partial charge in [0.2, 0.25) is 0 Å². The molecule has 0 aliphatic carbocycles. The third-order valence-corrected chi connectivity index (χ3v) is 1.16. The summed E-state index contributed by atoms with van der Waals surface area (Å²) in [5.74, 6) is -1.00. The van der Waals surface area contributed by atoms with Gasteiger partial charge in [-0.25, -0.2) is 4.79 Å². The van der Waals surface area contributed by atoms with Gasteiger partial charge in [-0.2, -0.15) is 0 Å². The van der Waals surface area contributed by atoms with Crippen LogP contribution in [0.4, 0.5) is 0 Å². The maximum atomic E-state index is 10.1. The maximum absolute atomic E-state index is 10.1. The summed E-state index contributed by atoms with van der Waals surface area (Å²) < 4.78 is 0. The Kier molecular flexibility index (Phi) is 4.88. The summed E-state index contributed by atoms with van der Waals surface area (Å²) in [6, 6.07) is 0. The average molecular weight is 146 g/mol. The molecule has 0 heterocycles. The van der Waals surface area contributed by atoms with Gasteiger partial charge in [-0.15, -0.1) is 0 Å². The molecule has 0 saturated carbocycles. The average Bonchev–Trinajstić information content (AvgIpc) is 1.88. The molecule has 4 N–H and O–H groups in total. The van der Waals surface area contributed by atoms with Gasteiger partial charge < -0.3 is 10.8 Å². The van der Waals surface area contributed by atoms with Crippen LogP contribution < -0.4 is 11.1 Å². The highest BCUT2D eigenvalue weighted by Gasteiger charge is 2.07. The molecule has 0 aromatic carbocycles. The summed E-state index contributed by atoms with van der Waals surface area (Å²) in [4.78, 5) is 10.1. The van der Waals surface area contributed by atoms with Crippen molar-refractivity contribution in [2.45, 2.75) is 25.9 Å². The molecule has 0 fully saturated rings. The van der Waals surface area contributed by atoms with Crippen molar-refractivity contribution in [1.82, 2.24) is 5.32 Å². The Morgan fingerprint density at radius 1 is 1.80 bits per heavy atom. The molecule has 1 atom stereocenters. The van der Waals surface area contributed by atoms with Crippen LogP contribution in [0.1, 0.15) is 19.8 Å². The van der Waals surface area contributed by atoms with Gasteiger partial charge >= 0.3 is 5.97 Å². The lowest BCUT2D eigenvalue weighted by atomic mass is 10.3. The Morgan fingerprint density at radius 2 is 2.40 bits per heavy atom. The number of rotatable bonds is 5. The van der Waals surface area contributed by atoms with Crippen molar-refractivity contribution < 1.29 is 9.90 Å². The van der Waals surface area contributed by atoms with Crippen LogP contribution in [-0.2, 0) is 4.79 Å². The van der Waals surface area contributed by atoms with Crippen LogP contribution in [0.3, 0.4) is 0 Å². The Balaban J connectivity index is 3.21. The fourth-order valence-corrected chi connectivity index (χ4v) is 0.522. The van der Waals surface area contributed by atoms with E-state index in [1.54, 1.807) is 0 Å². The Labute approximate surface area is 60.4 Å². The molecule has 0 saturated heterocycles. The second-order valence-corrected chi connectivity index (χ2v) is 2.12. The van der Waals surface area contributed by atoms with Crippen LogP contribution in [0.15, 0.2) is 0 Å². The van der Waals surface area contributed by atoms with E-state index in [4.69, 9.17) is 10.8 Å². The highest BCUT2D eigenvalue weighted by molar-refractivity contribution is 5.72. The zero-order valence-corrected chi connectivity index (χ0v) is 6.13. The number of nitrogens with two attached hydrogens (primary N) is 1. The van der Waals surface area contributed by atoms with Crippen molar-refractivity contribution in [3.63, 3.8) is 0 Å². The standard InChI is InChI=1S/C6H14N2O2/c1-2-3-4-8-5(7)6(9)10/h5,8H,2-4,7H2,1H3,(H,9,10)/t5-/m0/s1. The van der Waals surface area contributed by atoms with Crippen molar-refractivity contribution >= 4 is 5.97 Å². The van der Waals surface area contributed by atoms with Gasteiger partial charge in [0.1, 0.15) is 0 Å². The summed E-state index contributed by atoms with van der Waals surface area (Å²) in [5, 5.41) is 11.0. The minimum absolute atomic E-state index is 0.671. The fourth-order valence-electron chi connectivity index (χ4n) is 0.522. The van der Waals surface area contributed by atoms with Gasteiger partial charge in [0.25, 0.3) is 0 Å². The first kappa shape index (κ1) is 9.39. The van der Waals surface area contributed by atoms with Crippen molar-refractivity contribution in [2.24, 2.45) is 5.73 Å². The number of hydrogen-bond acceptors (Lipinski definition) is 3. The topological polar surface area (TPSA) is 75.3 Å². The third kappa shape index (κ3) is 4.29. The Bertz CT molecular complexity index is 106. The molecular formula is C6H14N2O2. The van der Waals surface area contributed by atoms with Gasteiger partial charge in [0.05, 0.1) is 0 Å². The lowest BCUT2D eigenvalue weighted by Crippen LogP contribution is -2.44. The lowest BCUT2D eigenvalue weighted by molar-refractivity contribution is -0.139. The molecule has 0 radical (unpaired) electrons. The molecule has 10 heavy (non-hydrogen) atoms. The Hall–Kier alpha value is -0.610. The number of hydrogen-bond donors (Lipinski definition) is 3. The molecule has 0 rings (SSSR count). The first-order valence-corrected chi connectivity index (χ1v) is 3.40.